The summed E-state index contributed by atoms with van der Waals surface area (Å²) in [7, 11) is 0. The Morgan fingerprint density at radius 2 is 1.85 bits per heavy atom. The molecule has 1 N–H and O–H groups in total. The minimum Gasteiger partial charge on any atom is -0.454 e. The lowest BCUT2D eigenvalue weighted by atomic mass is 10.2. The van der Waals surface area contributed by atoms with Gasteiger partial charge < -0.3 is 14.8 Å². The molecule has 0 saturated heterocycles. The van der Waals surface area contributed by atoms with Crippen LogP contribution in [0.4, 0.5) is 5.69 Å². The molecule has 0 spiro atoms. The predicted octanol–water partition coefficient (Wildman–Crippen LogP) is 5.31. The van der Waals surface area contributed by atoms with Crippen molar-refractivity contribution < 1.29 is 9.47 Å². The SMILES string of the molecule is Brc1ccc(NCc2cc(Br)c3c(c2)OCO3)c(Br)c1. The maximum Gasteiger partial charge on any atom is 0.231 e. The molecule has 2 aromatic carbocycles. The molecule has 0 amide bonds. The molecule has 1 heterocycles. The van der Waals surface area contributed by atoms with Crippen LogP contribution in [0.2, 0.25) is 0 Å². The first-order valence-electron chi connectivity index (χ1n) is 5.90. The van der Waals surface area contributed by atoms with Crippen molar-refractivity contribution in [3.8, 4) is 11.5 Å². The zero-order chi connectivity index (χ0) is 14.1. The molecule has 6 heteroatoms. The standard InChI is InChI=1S/C14H10Br3NO2/c15-9-1-2-12(10(16)5-9)18-6-8-3-11(17)14-13(4-8)19-7-20-14/h1-5,18H,6-7H2. The molecule has 1 aliphatic heterocycles. The average Bonchev–Trinajstić information content (AvgIpc) is 2.86. The Morgan fingerprint density at radius 1 is 1.00 bits per heavy atom. The molecular weight excluding hydrogens is 454 g/mol. The quantitative estimate of drug-likeness (QED) is 0.668. The predicted molar refractivity (Wildman–Crippen MR) is 89.4 cm³/mol. The highest BCUT2D eigenvalue weighted by atomic mass is 79.9. The van der Waals surface area contributed by atoms with Gasteiger partial charge in [0.15, 0.2) is 11.5 Å². The van der Waals surface area contributed by atoms with Crippen LogP contribution in [0.25, 0.3) is 0 Å². The van der Waals surface area contributed by atoms with Gasteiger partial charge in [-0.15, -0.1) is 0 Å². The number of fused-ring (bicyclic) bond motifs is 1. The van der Waals surface area contributed by atoms with Gasteiger partial charge in [0.25, 0.3) is 0 Å². The average molecular weight is 464 g/mol. The molecule has 20 heavy (non-hydrogen) atoms. The van der Waals surface area contributed by atoms with Crippen molar-refractivity contribution in [3.63, 3.8) is 0 Å². The van der Waals surface area contributed by atoms with E-state index in [2.05, 4.69) is 53.1 Å². The van der Waals surface area contributed by atoms with Crippen LogP contribution < -0.4 is 14.8 Å². The van der Waals surface area contributed by atoms with Crippen molar-refractivity contribution >= 4 is 53.5 Å². The highest BCUT2D eigenvalue weighted by Crippen LogP contribution is 2.40. The van der Waals surface area contributed by atoms with Gasteiger partial charge in [0, 0.05) is 21.2 Å². The van der Waals surface area contributed by atoms with Crippen LogP contribution in [-0.4, -0.2) is 6.79 Å². The number of rotatable bonds is 3. The summed E-state index contributed by atoms with van der Waals surface area (Å²) in [5.74, 6) is 1.56. The van der Waals surface area contributed by atoms with E-state index in [0.717, 1.165) is 36.2 Å². The minimum absolute atomic E-state index is 0.281. The first kappa shape index (κ1) is 14.2. The maximum atomic E-state index is 5.42. The Balaban J connectivity index is 1.77. The van der Waals surface area contributed by atoms with Gasteiger partial charge in [-0.05, 0) is 67.8 Å². The summed E-state index contributed by atoms with van der Waals surface area (Å²) >= 11 is 10.5. The fraction of sp³-hybridized carbons (Fsp3) is 0.143. The smallest absolute Gasteiger partial charge is 0.231 e. The molecule has 3 nitrogen and oxygen atoms in total. The summed E-state index contributed by atoms with van der Waals surface area (Å²) in [6, 6.07) is 10.1. The van der Waals surface area contributed by atoms with Gasteiger partial charge >= 0.3 is 0 Å². The molecule has 0 atom stereocenters. The number of ether oxygens (including phenoxy) is 2. The van der Waals surface area contributed by atoms with E-state index >= 15 is 0 Å². The van der Waals surface area contributed by atoms with Crippen molar-refractivity contribution in [1.29, 1.82) is 0 Å². The number of nitrogens with one attached hydrogen (secondary N) is 1. The molecule has 104 valence electrons. The fourth-order valence-electron chi connectivity index (χ4n) is 1.95. The Hall–Kier alpha value is -0.720. The highest BCUT2D eigenvalue weighted by molar-refractivity contribution is 9.11. The molecular formula is C14H10Br3NO2. The zero-order valence-corrected chi connectivity index (χ0v) is 15.0. The highest BCUT2D eigenvalue weighted by Gasteiger charge is 2.17. The summed E-state index contributed by atoms with van der Waals surface area (Å²) < 4.78 is 13.8. The number of halogens is 3. The van der Waals surface area contributed by atoms with E-state index in [1.165, 1.54) is 0 Å². The lowest BCUT2D eigenvalue weighted by Gasteiger charge is -2.10. The maximum absolute atomic E-state index is 5.42. The third-order valence-corrected chi connectivity index (χ3v) is 4.64. The first-order valence-corrected chi connectivity index (χ1v) is 8.28. The lowest BCUT2D eigenvalue weighted by Crippen LogP contribution is -2.00. The summed E-state index contributed by atoms with van der Waals surface area (Å²) in [5, 5.41) is 3.39. The van der Waals surface area contributed by atoms with Gasteiger partial charge in [-0.25, -0.2) is 0 Å². The Morgan fingerprint density at radius 3 is 2.65 bits per heavy atom. The second-order valence-corrected chi connectivity index (χ2v) is 6.91. The van der Waals surface area contributed by atoms with Crippen LogP contribution in [0.15, 0.2) is 43.7 Å². The van der Waals surface area contributed by atoms with Crippen LogP contribution >= 0.6 is 47.8 Å². The van der Waals surface area contributed by atoms with Crippen molar-refractivity contribution in [2.24, 2.45) is 0 Å². The monoisotopic (exact) mass is 461 g/mol. The summed E-state index contributed by atoms with van der Waals surface area (Å²) in [6.07, 6.45) is 0. The van der Waals surface area contributed by atoms with Gasteiger partial charge in [0.1, 0.15) is 0 Å². The molecule has 0 radical (unpaired) electrons. The van der Waals surface area contributed by atoms with Crippen molar-refractivity contribution in [3.05, 3.63) is 49.3 Å². The van der Waals surface area contributed by atoms with E-state index in [1.807, 2.05) is 30.3 Å². The molecule has 0 bridgehead atoms. The zero-order valence-electron chi connectivity index (χ0n) is 10.3. The molecule has 1 aliphatic rings. The van der Waals surface area contributed by atoms with E-state index in [0.29, 0.717) is 6.54 Å². The number of hydrogen-bond acceptors (Lipinski definition) is 3. The number of benzene rings is 2. The van der Waals surface area contributed by atoms with E-state index in [9.17, 15) is 0 Å². The van der Waals surface area contributed by atoms with E-state index in [4.69, 9.17) is 9.47 Å². The van der Waals surface area contributed by atoms with E-state index in [-0.39, 0.29) is 6.79 Å². The third kappa shape index (κ3) is 2.97. The molecule has 0 fully saturated rings. The van der Waals surface area contributed by atoms with Gasteiger partial charge in [-0.1, -0.05) is 15.9 Å². The number of anilines is 1. The normalized spacial score (nSPS) is 12.6. The van der Waals surface area contributed by atoms with Crippen LogP contribution in [0.3, 0.4) is 0 Å². The van der Waals surface area contributed by atoms with E-state index in [1.54, 1.807) is 0 Å². The van der Waals surface area contributed by atoms with Gasteiger partial charge in [-0.3, -0.25) is 0 Å². The van der Waals surface area contributed by atoms with Gasteiger partial charge in [-0.2, -0.15) is 0 Å². The third-order valence-electron chi connectivity index (χ3n) is 2.90. The Labute approximate surface area is 142 Å². The second-order valence-electron chi connectivity index (χ2n) is 4.29. The van der Waals surface area contributed by atoms with Crippen molar-refractivity contribution in [1.82, 2.24) is 0 Å². The summed E-state index contributed by atoms with van der Waals surface area (Å²) in [5.41, 5.74) is 2.16. The van der Waals surface area contributed by atoms with Crippen LogP contribution in [0, 0.1) is 0 Å². The lowest BCUT2D eigenvalue weighted by molar-refractivity contribution is 0.173. The summed E-state index contributed by atoms with van der Waals surface area (Å²) in [4.78, 5) is 0. The molecule has 0 unspecified atom stereocenters. The van der Waals surface area contributed by atoms with Crippen LogP contribution in [0.5, 0.6) is 11.5 Å². The van der Waals surface area contributed by atoms with Crippen LogP contribution in [-0.2, 0) is 6.54 Å². The van der Waals surface area contributed by atoms with E-state index < -0.39 is 0 Å². The van der Waals surface area contributed by atoms with Crippen molar-refractivity contribution in [2.75, 3.05) is 12.1 Å². The molecule has 3 rings (SSSR count). The minimum atomic E-state index is 0.281. The molecule has 2 aromatic rings. The van der Waals surface area contributed by atoms with Gasteiger partial charge in [0.2, 0.25) is 6.79 Å². The summed E-state index contributed by atoms with van der Waals surface area (Å²) in [6.45, 7) is 0.985. The largest absolute Gasteiger partial charge is 0.454 e. The molecule has 0 aromatic heterocycles. The topological polar surface area (TPSA) is 30.5 Å². The fourth-order valence-corrected chi connectivity index (χ4v) is 3.74. The first-order chi connectivity index (χ1) is 9.63. The molecule has 0 saturated carbocycles. The van der Waals surface area contributed by atoms with Gasteiger partial charge in [0.05, 0.1) is 4.47 Å². The van der Waals surface area contributed by atoms with Crippen molar-refractivity contribution in [2.45, 2.75) is 6.54 Å². The van der Waals surface area contributed by atoms with Crippen LogP contribution in [0.1, 0.15) is 5.56 Å². The molecule has 0 aliphatic carbocycles. The second kappa shape index (κ2) is 5.95. The Bertz CT molecular complexity index is 661. The Kier molecular flexibility index (Phi) is 4.23. The number of hydrogen-bond donors (Lipinski definition) is 1.